The van der Waals surface area contributed by atoms with Crippen molar-refractivity contribution in [2.45, 2.75) is 19.4 Å². The van der Waals surface area contributed by atoms with Gasteiger partial charge in [0.15, 0.2) is 0 Å². The SMILES string of the molecule is C[C@@H](NC(=O)CN1CC=C(c2cnn(-c3ccc(F)cc3)c2)CC1)c1ccccc1. The van der Waals surface area contributed by atoms with Gasteiger partial charge in [0, 0.05) is 24.8 Å². The molecule has 1 N–H and O–H groups in total. The normalized spacial score (nSPS) is 15.5. The average molecular weight is 404 g/mol. The van der Waals surface area contributed by atoms with Crippen molar-refractivity contribution in [3.05, 3.63) is 90.0 Å². The van der Waals surface area contributed by atoms with Crippen molar-refractivity contribution in [1.29, 1.82) is 0 Å². The van der Waals surface area contributed by atoms with E-state index in [4.69, 9.17) is 0 Å². The minimum absolute atomic E-state index is 0.00751. The zero-order chi connectivity index (χ0) is 20.9. The van der Waals surface area contributed by atoms with E-state index in [1.54, 1.807) is 16.8 Å². The number of nitrogens with one attached hydrogen (secondary N) is 1. The molecule has 30 heavy (non-hydrogen) atoms. The Morgan fingerprint density at radius 3 is 2.63 bits per heavy atom. The summed E-state index contributed by atoms with van der Waals surface area (Å²) in [5, 5.41) is 7.47. The highest BCUT2D eigenvalue weighted by atomic mass is 19.1. The lowest BCUT2D eigenvalue weighted by atomic mass is 10.0. The summed E-state index contributed by atoms with van der Waals surface area (Å²) < 4.78 is 14.9. The number of halogens is 1. The average Bonchev–Trinajstić information content (AvgIpc) is 3.25. The lowest BCUT2D eigenvalue weighted by Crippen LogP contribution is -2.40. The molecule has 5 nitrogen and oxygen atoms in total. The summed E-state index contributed by atoms with van der Waals surface area (Å²) in [6, 6.07) is 16.2. The molecule has 0 unspecified atom stereocenters. The summed E-state index contributed by atoms with van der Waals surface area (Å²) in [5.41, 5.74) is 4.20. The van der Waals surface area contributed by atoms with E-state index in [1.165, 1.54) is 17.7 Å². The van der Waals surface area contributed by atoms with Crippen LogP contribution in [0.3, 0.4) is 0 Å². The van der Waals surface area contributed by atoms with E-state index in [9.17, 15) is 9.18 Å². The van der Waals surface area contributed by atoms with Crippen LogP contribution in [-0.4, -0.2) is 40.2 Å². The van der Waals surface area contributed by atoms with Crippen LogP contribution in [0.4, 0.5) is 4.39 Å². The smallest absolute Gasteiger partial charge is 0.234 e. The molecular weight excluding hydrogens is 379 g/mol. The lowest BCUT2D eigenvalue weighted by Gasteiger charge is -2.26. The van der Waals surface area contributed by atoms with Gasteiger partial charge in [-0.05, 0) is 48.7 Å². The summed E-state index contributed by atoms with van der Waals surface area (Å²) in [6.07, 6.45) is 6.81. The third-order valence-corrected chi connectivity index (χ3v) is 5.38. The molecule has 0 aliphatic carbocycles. The van der Waals surface area contributed by atoms with E-state index in [0.29, 0.717) is 6.54 Å². The summed E-state index contributed by atoms with van der Waals surface area (Å²) in [7, 11) is 0. The van der Waals surface area contributed by atoms with Crippen LogP contribution in [0.2, 0.25) is 0 Å². The third-order valence-electron chi connectivity index (χ3n) is 5.38. The summed E-state index contributed by atoms with van der Waals surface area (Å²) >= 11 is 0. The summed E-state index contributed by atoms with van der Waals surface area (Å²) in [4.78, 5) is 14.6. The van der Waals surface area contributed by atoms with Crippen molar-refractivity contribution >= 4 is 11.5 Å². The predicted molar refractivity (Wildman–Crippen MR) is 116 cm³/mol. The van der Waals surface area contributed by atoms with Crippen LogP contribution >= 0.6 is 0 Å². The van der Waals surface area contributed by atoms with Crippen molar-refractivity contribution in [3.63, 3.8) is 0 Å². The first-order valence-corrected chi connectivity index (χ1v) is 10.1. The Bertz CT molecular complexity index is 1030. The molecule has 0 saturated heterocycles. The number of rotatable bonds is 6. The van der Waals surface area contributed by atoms with Crippen molar-refractivity contribution < 1.29 is 9.18 Å². The van der Waals surface area contributed by atoms with E-state index < -0.39 is 0 Å². The van der Waals surface area contributed by atoms with Gasteiger partial charge in [0.05, 0.1) is 24.5 Å². The second-order valence-corrected chi connectivity index (χ2v) is 7.56. The fourth-order valence-electron chi connectivity index (χ4n) is 3.66. The van der Waals surface area contributed by atoms with Crippen LogP contribution in [0.5, 0.6) is 0 Å². The fraction of sp³-hybridized carbons (Fsp3) is 0.250. The highest BCUT2D eigenvalue weighted by Crippen LogP contribution is 2.23. The highest BCUT2D eigenvalue weighted by molar-refractivity contribution is 5.78. The molecule has 0 radical (unpaired) electrons. The Hall–Kier alpha value is -3.25. The molecule has 1 aliphatic rings. The standard InChI is InChI=1S/C24H25FN4O/c1-18(19-5-3-2-4-6-19)27-24(30)17-28-13-11-20(12-14-28)21-15-26-29(16-21)23-9-7-22(25)8-10-23/h2-11,15-16,18H,12-14,17H2,1H3,(H,27,30)/t18-/m1/s1. The Morgan fingerprint density at radius 2 is 1.93 bits per heavy atom. The number of amides is 1. The fourth-order valence-corrected chi connectivity index (χ4v) is 3.66. The molecule has 1 amide bonds. The Morgan fingerprint density at radius 1 is 1.17 bits per heavy atom. The van der Waals surface area contributed by atoms with Gasteiger partial charge < -0.3 is 5.32 Å². The molecule has 3 aromatic rings. The molecular formula is C24H25FN4O. The molecule has 0 bridgehead atoms. The van der Waals surface area contributed by atoms with E-state index in [1.807, 2.05) is 49.6 Å². The molecule has 4 rings (SSSR count). The molecule has 154 valence electrons. The molecule has 2 aromatic carbocycles. The van der Waals surface area contributed by atoms with Gasteiger partial charge in [-0.1, -0.05) is 36.4 Å². The second kappa shape index (κ2) is 9.05. The number of carbonyl (C=O) groups is 1. The first kappa shape index (κ1) is 20.0. The highest BCUT2D eigenvalue weighted by Gasteiger charge is 2.18. The molecule has 2 heterocycles. The maximum absolute atomic E-state index is 13.1. The van der Waals surface area contributed by atoms with Gasteiger partial charge >= 0.3 is 0 Å². The van der Waals surface area contributed by atoms with Crippen LogP contribution in [-0.2, 0) is 4.79 Å². The van der Waals surface area contributed by atoms with Gasteiger partial charge in [0.2, 0.25) is 5.91 Å². The van der Waals surface area contributed by atoms with Gasteiger partial charge in [0.25, 0.3) is 0 Å². The largest absolute Gasteiger partial charge is 0.348 e. The van der Waals surface area contributed by atoms with Crippen LogP contribution in [0.1, 0.15) is 30.5 Å². The maximum atomic E-state index is 13.1. The molecule has 0 spiro atoms. The van der Waals surface area contributed by atoms with Gasteiger partial charge in [0.1, 0.15) is 5.82 Å². The Labute approximate surface area is 175 Å². The van der Waals surface area contributed by atoms with E-state index in [0.717, 1.165) is 36.3 Å². The summed E-state index contributed by atoms with van der Waals surface area (Å²) in [6.45, 7) is 3.93. The zero-order valence-corrected chi connectivity index (χ0v) is 17.0. The minimum atomic E-state index is -0.261. The molecule has 1 aromatic heterocycles. The van der Waals surface area contributed by atoms with Gasteiger partial charge in [-0.2, -0.15) is 5.10 Å². The Balaban J connectivity index is 1.32. The van der Waals surface area contributed by atoms with Crippen LogP contribution in [0, 0.1) is 5.82 Å². The van der Waals surface area contributed by atoms with E-state index in [-0.39, 0.29) is 17.8 Å². The van der Waals surface area contributed by atoms with Crippen LogP contribution < -0.4 is 5.32 Å². The number of hydrogen-bond acceptors (Lipinski definition) is 3. The first-order chi connectivity index (χ1) is 14.6. The molecule has 1 atom stereocenters. The summed E-state index contributed by atoms with van der Waals surface area (Å²) in [5.74, 6) is -0.226. The van der Waals surface area contributed by atoms with Crippen molar-refractivity contribution in [3.8, 4) is 5.69 Å². The maximum Gasteiger partial charge on any atom is 0.234 e. The predicted octanol–water partition coefficient (Wildman–Crippen LogP) is 3.98. The molecule has 0 saturated carbocycles. The molecule has 0 fully saturated rings. The number of aromatic nitrogens is 2. The quantitative estimate of drug-likeness (QED) is 0.676. The lowest BCUT2D eigenvalue weighted by molar-refractivity contribution is -0.122. The molecule has 1 aliphatic heterocycles. The van der Waals surface area contributed by atoms with Crippen molar-refractivity contribution in [2.24, 2.45) is 0 Å². The van der Waals surface area contributed by atoms with Gasteiger partial charge in [-0.3, -0.25) is 9.69 Å². The second-order valence-electron chi connectivity index (χ2n) is 7.56. The van der Waals surface area contributed by atoms with Crippen molar-refractivity contribution in [1.82, 2.24) is 20.0 Å². The first-order valence-electron chi connectivity index (χ1n) is 10.1. The minimum Gasteiger partial charge on any atom is -0.348 e. The monoisotopic (exact) mass is 404 g/mol. The zero-order valence-electron chi connectivity index (χ0n) is 17.0. The van der Waals surface area contributed by atoms with Crippen LogP contribution in [0.25, 0.3) is 11.3 Å². The number of benzene rings is 2. The van der Waals surface area contributed by atoms with Gasteiger partial charge in [-0.25, -0.2) is 9.07 Å². The number of hydrogen-bond donors (Lipinski definition) is 1. The third kappa shape index (κ3) is 4.83. The number of nitrogens with zero attached hydrogens (tertiary/aromatic N) is 3. The van der Waals surface area contributed by atoms with E-state index in [2.05, 4.69) is 21.4 Å². The van der Waals surface area contributed by atoms with Gasteiger partial charge in [-0.15, -0.1) is 0 Å². The molecule has 6 heteroatoms. The van der Waals surface area contributed by atoms with Crippen LogP contribution in [0.15, 0.2) is 73.1 Å². The van der Waals surface area contributed by atoms with E-state index >= 15 is 0 Å². The topological polar surface area (TPSA) is 50.2 Å². The Kier molecular flexibility index (Phi) is 6.05. The van der Waals surface area contributed by atoms with Crippen molar-refractivity contribution in [2.75, 3.05) is 19.6 Å². The number of carbonyl (C=O) groups excluding carboxylic acids is 1.